The smallest absolute Gasteiger partial charge is 0.147 e. The summed E-state index contributed by atoms with van der Waals surface area (Å²) < 4.78 is 22.4. The summed E-state index contributed by atoms with van der Waals surface area (Å²) in [6.07, 6.45) is 9.67. The molecule has 0 aromatic heterocycles. The van der Waals surface area contributed by atoms with Crippen LogP contribution < -0.4 is 5.32 Å². The van der Waals surface area contributed by atoms with Crippen LogP contribution in [0.25, 0.3) is 0 Å². The van der Waals surface area contributed by atoms with E-state index in [1.807, 2.05) is 0 Å². The summed E-state index contributed by atoms with van der Waals surface area (Å²) in [6.45, 7) is 5.48. The van der Waals surface area contributed by atoms with Crippen molar-refractivity contribution >= 4 is 9.84 Å². The van der Waals surface area contributed by atoms with Crippen molar-refractivity contribution in [2.24, 2.45) is 5.41 Å². The molecule has 1 aliphatic carbocycles. The normalized spacial score (nSPS) is 21.7. The lowest BCUT2D eigenvalue weighted by atomic mass is 9.69. The molecular weight excluding hydrogens is 246 g/mol. The Morgan fingerprint density at radius 3 is 2.33 bits per heavy atom. The first-order valence-electron chi connectivity index (χ1n) is 7.28. The van der Waals surface area contributed by atoms with E-state index in [4.69, 9.17) is 0 Å². The van der Waals surface area contributed by atoms with Crippen LogP contribution in [0.5, 0.6) is 0 Å². The summed E-state index contributed by atoms with van der Waals surface area (Å²) in [4.78, 5) is 0. The lowest BCUT2D eigenvalue weighted by molar-refractivity contribution is 0.138. The fraction of sp³-hybridized carbons (Fsp3) is 1.00. The highest BCUT2D eigenvalue weighted by atomic mass is 32.2. The van der Waals surface area contributed by atoms with E-state index in [1.165, 1.54) is 38.4 Å². The molecule has 1 atom stereocenters. The van der Waals surface area contributed by atoms with Crippen LogP contribution in [0.3, 0.4) is 0 Å². The van der Waals surface area contributed by atoms with Crippen molar-refractivity contribution in [3.63, 3.8) is 0 Å². The molecule has 0 radical (unpaired) electrons. The Kier molecular flexibility index (Phi) is 6.12. The van der Waals surface area contributed by atoms with Gasteiger partial charge in [-0.05, 0) is 37.6 Å². The van der Waals surface area contributed by atoms with Gasteiger partial charge in [0.1, 0.15) is 9.84 Å². The van der Waals surface area contributed by atoms with Crippen LogP contribution in [-0.2, 0) is 9.84 Å². The second kappa shape index (κ2) is 6.90. The fourth-order valence-electron chi connectivity index (χ4n) is 3.20. The molecule has 0 aromatic rings. The van der Waals surface area contributed by atoms with Gasteiger partial charge in [0.2, 0.25) is 0 Å². The van der Waals surface area contributed by atoms with Crippen LogP contribution in [0.4, 0.5) is 0 Å². The molecule has 0 saturated heterocycles. The molecule has 1 aliphatic rings. The van der Waals surface area contributed by atoms with Gasteiger partial charge in [-0.3, -0.25) is 0 Å². The zero-order valence-corrected chi connectivity index (χ0v) is 13.0. The molecule has 0 aliphatic heterocycles. The Bertz CT molecular complexity index is 332. The molecule has 1 N–H and O–H groups in total. The van der Waals surface area contributed by atoms with Crippen LogP contribution in [0.1, 0.15) is 58.8 Å². The predicted molar refractivity (Wildman–Crippen MR) is 77.6 cm³/mol. The molecule has 1 fully saturated rings. The summed E-state index contributed by atoms with van der Waals surface area (Å²) in [5.41, 5.74) is 0.367. The number of hydrogen-bond donors (Lipinski definition) is 1. The second-order valence-corrected chi connectivity index (χ2v) is 8.36. The van der Waals surface area contributed by atoms with E-state index in [0.717, 1.165) is 19.4 Å². The zero-order chi connectivity index (χ0) is 13.6. The topological polar surface area (TPSA) is 46.2 Å². The first-order chi connectivity index (χ1) is 8.37. The minimum Gasteiger partial charge on any atom is -0.314 e. The second-order valence-electron chi connectivity index (χ2n) is 6.10. The highest BCUT2D eigenvalue weighted by molar-refractivity contribution is 7.90. The average molecular weight is 275 g/mol. The van der Waals surface area contributed by atoms with E-state index in [0.29, 0.717) is 17.2 Å². The van der Waals surface area contributed by atoms with Crippen LogP contribution in [0.2, 0.25) is 0 Å². The molecule has 3 nitrogen and oxygen atoms in total. The van der Waals surface area contributed by atoms with Gasteiger partial charge >= 0.3 is 0 Å². The molecule has 1 rings (SSSR count). The summed E-state index contributed by atoms with van der Waals surface area (Å²) in [5.74, 6) is 0.324. The molecule has 0 heterocycles. The van der Waals surface area contributed by atoms with Gasteiger partial charge in [-0.1, -0.05) is 33.1 Å². The Morgan fingerprint density at radius 1 is 1.22 bits per heavy atom. The first kappa shape index (κ1) is 16.0. The van der Waals surface area contributed by atoms with Crippen LogP contribution >= 0.6 is 0 Å². The van der Waals surface area contributed by atoms with Crippen molar-refractivity contribution < 1.29 is 8.42 Å². The van der Waals surface area contributed by atoms with Crippen LogP contribution in [-0.4, -0.2) is 33.0 Å². The zero-order valence-electron chi connectivity index (χ0n) is 12.2. The van der Waals surface area contributed by atoms with Gasteiger partial charge in [0.25, 0.3) is 0 Å². The van der Waals surface area contributed by atoms with Gasteiger partial charge < -0.3 is 5.32 Å². The maximum Gasteiger partial charge on any atom is 0.147 e. The van der Waals surface area contributed by atoms with Gasteiger partial charge in [0, 0.05) is 18.1 Å². The van der Waals surface area contributed by atoms with E-state index in [1.54, 1.807) is 0 Å². The summed E-state index contributed by atoms with van der Waals surface area (Å²) in [5, 5.41) is 3.58. The van der Waals surface area contributed by atoms with Crippen molar-refractivity contribution in [1.29, 1.82) is 0 Å². The lowest BCUT2D eigenvalue weighted by Gasteiger charge is -2.41. The monoisotopic (exact) mass is 275 g/mol. The lowest BCUT2D eigenvalue weighted by Crippen LogP contribution is -2.45. The SMILES string of the molecule is CCNC(CCCS(C)(=O)=O)C1(C)CCCCC1. The van der Waals surface area contributed by atoms with Crippen molar-refractivity contribution in [2.45, 2.75) is 64.8 Å². The van der Waals surface area contributed by atoms with Crippen LogP contribution in [0, 0.1) is 5.41 Å². The number of nitrogens with one attached hydrogen (secondary N) is 1. The number of hydrogen-bond acceptors (Lipinski definition) is 3. The highest BCUT2D eigenvalue weighted by Crippen LogP contribution is 2.40. The Morgan fingerprint density at radius 2 is 1.83 bits per heavy atom. The van der Waals surface area contributed by atoms with Gasteiger partial charge in [0.15, 0.2) is 0 Å². The third kappa shape index (κ3) is 5.27. The molecule has 18 heavy (non-hydrogen) atoms. The minimum absolute atomic E-state index is 0.324. The maximum absolute atomic E-state index is 11.2. The quantitative estimate of drug-likeness (QED) is 0.777. The van der Waals surface area contributed by atoms with E-state index in [2.05, 4.69) is 19.2 Å². The molecule has 0 aromatic carbocycles. The molecule has 0 amide bonds. The van der Waals surface area contributed by atoms with Crippen molar-refractivity contribution in [2.75, 3.05) is 18.6 Å². The molecule has 4 heteroatoms. The van der Waals surface area contributed by atoms with Gasteiger partial charge in [0.05, 0.1) is 0 Å². The molecule has 1 unspecified atom stereocenters. The van der Waals surface area contributed by atoms with E-state index in [9.17, 15) is 8.42 Å². The summed E-state index contributed by atoms with van der Waals surface area (Å²) >= 11 is 0. The Balaban J connectivity index is 2.52. The number of sulfone groups is 1. The highest BCUT2D eigenvalue weighted by Gasteiger charge is 2.34. The average Bonchev–Trinajstić information content (AvgIpc) is 2.27. The Hall–Kier alpha value is -0.0900. The molecule has 0 bridgehead atoms. The fourth-order valence-corrected chi connectivity index (χ4v) is 3.89. The predicted octanol–water partition coefficient (Wildman–Crippen LogP) is 2.76. The maximum atomic E-state index is 11.2. The standard InChI is InChI=1S/C14H29NO2S/c1-4-15-13(9-8-12-18(3,16)17)14(2)10-6-5-7-11-14/h13,15H,4-12H2,1-3H3. The molecule has 1 saturated carbocycles. The summed E-state index contributed by atoms with van der Waals surface area (Å²) in [7, 11) is -2.81. The van der Waals surface area contributed by atoms with E-state index < -0.39 is 9.84 Å². The molecule has 108 valence electrons. The third-order valence-corrected chi connectivity index (χ3v) is 5.33. The van der Waals surface area contributed by atoms with E-state index in [-0.39, 0.29) is 0 Å². The Labute approximate surface area is 113 Å². The van der Waals surface area contributed by atoms with E-state index >= 15 is 0 Å². The molecule has 0 spiro atoms. The van der Waals surface area contributed by atoms with Gasteiger partial charge in [-0.2, -0.15) is 0 Å². The minimum atomic E-state index is -2.81. The molecular formula is C14H29NO2S. The van der Waals surface area contributed by atoms with Gasteiger partial charge in [-0.25, -0.2) is 8.42 Å². The number of rotatable bonds is 7. The van der Waals surface area contributed by atoms with Crippen LogP contribution in [0.15, 0.2) is 0 Å². The largest absolute Gasteiger partial charge is 0.314 e. The summed E-state index contributed by atoms with van der Waals surface area (Å²) in [6, 6.07) is 0.476. The van der Waals surface area contributed by atoms with Crippen molar-refractivity contribution in [1.82, 2.24) is 5.32 Å². The van der Waals surface area contributed by atoms with Crippen molar-refractivity contribution in [3.8, 4) is 0 Å². The third-order valence-electron chi connectivity index (χ3n) is 4.30. The van der Waals surface area contributed by atoms with Gasteiger partial charge in [-0.15, -0.1) is 0 Å². The van der Waals surface area contributed by atoms with Crippen molar-refractivity contribution in [3.05, 3.63) is 0 Å². The first-order valence-corrected chi connectivity index (χ1v) is 9.34.